The Hall–Kier alpha value is -4.71. The minimum absolute atomic E-state index is 0.0409. The molecule has 4 aliphatic heterocycles. The van der Waals surface area contributed by atoms with Crippen LogP contribution in [0, 0.1) is 24.0 Å². The number of ether oxygens (including phenoxy) is 2. The third kappa shape index (κ3) is 6.82. The fraction of sp³-hybridized carbons (Fsp3) is 0.487. The number of pyridine rings is 1. The lowest BCUT2D eigenvalue weighted by Crippen LogP contribution is -2.43. The summed E-state index contributed by atoms with van der Waals surface area (Å²) in [4.78, 5) is 30.8. The maximum absolute atomic E-state index is 17.2. The van der Waals surface area contributed by atoms with E-state index in [1.54, 1.807) is 13.1 Å². The molecule has 4 aromatic rings. The second-order valence-electron chi connectivity index (χ2n) is 14.7. The summed E-state index contributed by atoms with van der Waals surface area (Å²) in [5.74, 6) is 1.47. The summed E-state index contributed by atoms with van der Waals surface area (Å²) >= 11 is 0. The maximum atomic E-state index is 17.2. The Morgan fingerprint density at radius 3 is 2.85 bits per heavy atom. The summed E-state index contributed by atoms with van der Waals surface area (Å²) in [7, 11) is 1.66. The second-order valence-corrected chi connectivity index (χ2v) is 14.7. The van der Waals surface area contributed by atoms with Gasteiger partial charge < -0.3 is 19.7 Å². The number of aromatic nitrogens is 3. The molecule has 0 spiro atoms. The summed E-state index contributed by atoms with van der Waals surface area (Å²) in [6, 6.07) is 5.89. The lowest BCUT2D eigenvalue weighted by atomic mass is 9.95. The predicted octanol–water partition coefficient (Wildman–Crippen LogP) is 5.74. The summed E-state index contributed by atoms with van der Waals surface area (Å²) in [6.07, 6.45) is 12.7. The van der Waals surface area contributed by atoms with E-state index >= 15 is 8.78 Å². The van der Waals surface area contributed by atoms with Gasteiger partial charge in [0.2, 0.25) is 0 Å². The van der Waals surface area contributed by atoms with Crippen LogP contribution in [0.1, 0.15) is 56.9 Å². The molecule has 278 valence electrons. The van der Waals surface area contributed by atoms with Crippen molar-refractivity contribution in [2.45, 2.75) is 69.1 Å². The lowest BCUT2D eigenvalue weighted by molar-refractivity contribution is 0.107. The summed E-state index contributed by atoms with van der Waals surface area (Å²) < 4.78 is 59.1. The number of likely N-dealkylation sites (N-methyl/N-ethyl adjacent to an activating group) is 1. The van der Waals surface area contributed by atoms with Crippen LogP contribution in [0.2, 0.25) is 0 Å². The van der Waals surface area contributed by atoms with Crippen molar-refractivity contribution in [3.8, 4) is 35.4 Å². The maximum Gasteiger partial charge on any atom is 0.415 e. The number of hydrazine groups is 1. The molecule has 0 unspecified atom stereocenters. The number of halogens is 3. The number of nitrogens with zero attached hydrogens (tertiary/aromatic N) is 6. The van der Waals surface area contributed by atoms with E-state index in [1.807, 2.05) is 5.01 Å². The second kappa shape index (κ2) is 14.6. The van der Waals surface area contributed by atoms with E-state index in [0.717, 1.165) is 58.0 Å². The molecular formula is C39H43F3N8O3. The highest BCUT2D eigenvalue weighted by atomic mass is 19.1. The molecule has 4 fully saturated rings. The first-order valence-corrected chi connectivity index (χ1v) is 18.5. The number of rotatable bonds is 8. The Balaban J connectivity index is 1.22. The van der Waals surface area contributed by atoms with Crippen LogP contribution in [0.4, 0.5) is 23.8 Å². The van der Waals surface area contributed by atoms with Crippen molar-refractivity contribution in [1.82, 2.24) is 35.5 Å². The van der Waals surface area contributed by atoms with Crippen molar-refractivity contribution in [3.05, 3.63) is 47.7 Å². The van der Waals surface area contributed by atoms with E-state index < -0.39 is 29.4 Å². The van der Waals surface area contributed by atoms with E-state index in [1.165, 1.54) is 29.3 Å². The van der Waals surface area contributed by atoms with Crippen molar-refractivity contribution in [1.29, 1.82) is 0 Å². The van der Waals surface area contributed by atoms with Gasteiger partial charge >= 0.3 is 12.1 Å². The van der Waals surface area contributed by atoms with Crippen molar-refractivity contribution in [2.24, 2.45) is 0 Å². The molecule has 0 aliphatic carbocycles. The summed E-state index contributed by atoms with van der Waals surface area (Å²) in [5, 5.41) is 6.26. The number of hydrogen-bond acceptors (Lipinski definition) is 10. The van der Waals surface area contributed by atoms with Crippen LogP contribution in [-0.4, -0.2) is 102 Å². The van der Waals surface area contributed by atoms with Crippen LogP contribution in [0.3, 0.4) is 0 Å². The molecule has 6 heterocycles. The van der Waals surface area contributed by atoms with Crippen molar-refractivity contribution in [3.63, 3.8) is 0 Å². The third-order valence-corrected chi connectivity index (χ3v) is 11.1. The first-order chi connectivity index (χ1) is 25.7. The minimum Gasteiger partial charge on any atom is -0.461 e. The molecule has 0 bridgehead atoms. The number of alkyl halides is 1. The number of nitrogens with one attached hydrogen (secondary N) is 2. The molecule has 53 heavy (non-hydrogen) atoms. The van der Waals surface area contributed by atoms with Crippen LogP contribution in [0.25, 0.3) is 32.9 Å². The molecular weight excluding hydrogens is 685 g/mol. The number of amides is 1. The average Bonchev–Trinajstić information content (AvgIpc) is 3.81. The molecule has 0 radical (unpaired) electrons. The van der Waals surface area contributed by atoms with Crippen LogP contribution < -0.4 is 25.2 Å². The van der Waals surface area contributed by atoms with Crippen LogP contribution in [0.15, 0.2) is 30.5 Å². The fourth-order valence-electron chi connectivity index (χ4n) is 8.47. The number of hydrogen-bond donors (Lipinski definition) is 2. The van der Waals surface area contributed by atoms with Crippen LogP contribution in [-0.2, 0) is 0 Å². The molecule has 4 saturated heterocycles. The average molecular weight is 729 g/mol. The zero-order chi connectivity index (χ0) is 36.7. The van der Waals surface area contributed by atoms with E-state index in [0.29, 0.717) is 49.2 Å². The Bertz CT molecular complexity index is 2080. The predicted molar refractivity (Wildman–Crippen MR) is 196 cm³/mol. The van der Waals surface area contributed by atoms with Gasteiger partial charge in [-0.2, -0.15) is 9.97 Å². The number of fused-ring (bicyclic) bond motifs is 3. The Morgan fingerprint density at radius 1 is 1.13 bits per heavy atom. The topological polar surface area (TPSA) is 108 Å². The van der Waals surface area contributed by atoms with Gasteiger partial charge in [-0.15, -0.1) is 6.42 Å². The van der Waals surface area contributed by atoms with E-state index in [4.69, 9.17) is 20.9 Å². The van der Waals surface area contributed by atoms with Crippen molar-refractivity contribution >= 4 is 33.6 Å². The lowest BCUT2D eigenvalue weighted by Gasteiger charge is -2.31. The number of carbonyl (C=O) groups excluding carboxylic acids is 1. The summed E-state index contributed by atoms with van der Waals surface area (Å²) in [6.45, 7) is 4.00. The van der Waals surface area contributed by atoms with E-state index in [2.05, 4.69) is 31.5 Å². The molecule has 14 heteroatoms. The molecule has 2 aromatic carbocycles. The first kappa shape index (κ1) is 35.3. The monoisotopic (exact) mass is 728 g/mol. The highest BCUT2D eigenvalue weighted by Crippen LogP contribution is 2.42. The van der Waals surface area contributed by atoms with Gasteiger partial charge in [0.1, 0.15) is 35.6 Å². The van der Waals surface area contributed by atoms with Gasteiger partial charge in [0.15, 0.2) is 11.6 Å². The van der Waals surface area contributed by atoms with E-state index in [9.17, 15) is 9.18 Å². The van der Waals surface area contributed by atoms with Gasteiger partial charge in [-0.25, -0.2) is 23.4 Å². The number of anilines is 1. The molecule has 4 aliphatic rings. The zero-order valence-electron chi connectivity index (χ0n) is 29.8. The van der Waals surface area contributed by atoms with Crippen LogP contribution in [0.5, 0.6) is 11.8 Å². The zero-order valence-corrected chi connectivity index (χ0v) is 29.8. The minimum atomic E-state index is -0.938. The van der Waals surface area contributed by atoms with Gasteiger partial charge in [0.25, 0.3) is 0 Å². The SMILES string of the molecule is C#Cc1c(F)ccc2cc(OC(=O)N(C)C[C@@H]3CCCN3)cc(-c3ncc4c(N5CCCCCN5)nc(OC[C@@]56CCCN5C[C@H](F)C6)nc4c3F)c12. The molecule has 0 saturated carbocycles. The standard InChI is InChI=1S/C39H43F3N8O3/c1-3-28-31(41)11-10-24-17-27(53-38(51)48(2)22-26-9-7-13-43-26)18-29(32(24)28)34-33(42)35-30(20-44-34)36(50-16-6-4-5-14-45-50)47-37(46-35)52-23-39-12-8-15-49(39)21-25(40)19-39/h1,10-11,17-18,20,25-26,43,45H,4-9,12-16,19,21-23H2,2H3/t25-,26+,39+/m1/s1. The van der Waals surface area contributed by atoms with Crippen molar-refractivity contribution < 1.29 is 27.4 Å². The molecule has 8 rings (SSSR count). The number of terminal acetylenes is 1. The highest BCUT2D eigenvalue weighted by molar-refractivity contribution is 6.03. The molecule has 3 atom stereocenters. The van der Waals surface area contributed by atoms with E-state index in [-0.39, 0.29) is 52.1 Å². The highest BCUT2D eigenvalue weighted by Gasteiger charge is 2.49. The third-order valence-electron chi connectivity index (χ3n) is 11.1. The van der Waals surface area contributed by atoms with Gasteiger partial charge in [-0.05, 0) is 75.2 Å². The molecule has 2 aromatic heterocycles. The van der Waals surface area contributed by atoms with Gasteiger partial charge in [0, 0.05) is 62.8 Å². The van der Waals surface area contributed by atoms with Gasteiger partial charge in [-0.3, -0.25) is 14.9 Å². The Morgan fingerprint density at radius 2 is 2.02 bits per heavy atom. The van der Waals surface area contributed by atoms with Crippen LogP contribution >= 0.6 is 0 Å². The molecule has 1 amide bonds. The normalized spacial score (nSPS) is 23.3. The smallest absolute Gasteiger partial charge is 0.415 e. The fourth-order valence-corrected chi connectivity index (χ4v) is 8.47. The van der Waals surface area contributed by atoms with Gasteiger partial charge in [-0.1, -0.05) is 18.4 Å². The quantitative estimate of drug-likeness (QED) is 0.218. The largest absolute Gasteiger partial charge is 0.461 e. The molecule has 11 nitrogen and oxygen atoms in total. The number of carbonyl (C=O) groups is 1. The first-order valence-electron chi connectivity index (χ1n) is 18.5. The van der Waals surface area contributed by atoms with Gasteiger partial charge in [0.05, 0.1) is 16.5 Å². The Labute approximate surface area is 306 Å². The summed E-state index contributed by atoms with van der Waals surface area (Å²) in [5.41, 5.74) is 2.75. The Kier molecular flexibility index (Phi) is 9.74. The molecule has 2 N–H and O–H groups in total. The van der Waals surface area contributed by atoms with Crippen molar-refractivity contribution in [2.75, 3.05) is 57.9 Å². The number of benzene rings is 2.